The van der Waals surface area contributed by atoms with Gasteiger partial charge in [-0.25, -0.2) is 0 Å². The van der Waals surface area contributed by atoms with Crippen LogP contribution in [0.3, 0.4) is 0 Å². The van der Waals surface area contributed by atoms with Crippen LogP contribution in [0.1, 0.15) is 0 Å². The summed E-state index contributed by atoms with van der Waals surface area (Å²) in [6.07, 6.45) is 0. The molecule has 1 aromatic rings. The third kappa shape index (κ3) is 4.87. The van der Waals surface area contributed by atoms with Crippen molar-refractivity contribution in [3.05, 3.63) is 0 Å². The number of aromatic nitrogens is 2. The van der Waals surface area contributed by atoms with E-state index in [4.69, 9.17) is 17.9 Å². The quantitative estimate of drug-likeness (QED) is 0.164. The van der Waals surface area contributed by atoms with E-state index in [1.165, 1.54) is 34.9 Å². The normalized spacial score (nSPS) is 8.58. The second kappa shape index (κ2) is 7.38. The van der Waals surface area contributed by atoms with Crippen molar-refractivity contribution in [3.8, 4) is 5.40 Å². The van der Waals surface area contributed by atoms with Gasteiger partial charge in [0.1, 0.15) is 5.40 Å². The van der Waals surface area contributed by atoms with Crippen LogP contribution < -0.4 is 29.6 Å². The summed E-state index contributed by atoms with van der Waals surface area (Å²) in [5.41, 5.74) is 0. The molecule has 0 amide bonds. The van der Waals surface area contributed by atoms with Crippen molar-refractivity contribution in [1.82, 2.24) is 10.2 Å². The molecule has 8 heteroatoms. The minimum Gasteiger partial charge on any atom is -0.406 e. The predicted octanol–water partition coefficient (Wildman–Crippen LogP) is -1.29. The standard InChI is InChI=1S/C4H3N3S4.Na/c5-1-9-2-10-4-7-6-3(8)11-4;/h2H2,(H,6,8);/q;+1/p-1. The summed E-state index contributed by atoms with van der Waals surface area (Å²) < 4.78 is 1.38. The molecular formula is C4H2N3NaS4. The van der Waals surface area contributed by atoms with Gasteiger partial charge in [-0.15, -0.1) is 11.8 Å². The van der Waals surface area contributed by atoms with Gasteiger partial charge in [-0.2, -0.15) is 15.5 Å². The van der Waals surface area contributed by atoms with Crippen molar-refractivity contribution >= 4 is 47.5 Å². The van der Waals surface area contributed by atoms with Crippen LogP contribution in [0.4, 0.5) is 0 Å². The fraction of sp³-hybridized carbons (Fsp3) is 0.250. The molecule has 0 aliphatic carbocycles. The molecule has 0 fully saturated rings. The molecule has 0 saturated carbocycles. The Morgan fingerprint density at radius 2 is 2.33 bits per heavy atom. The van der Waals surface area contributed by atoms with Crippen LogP contribution in [0, 0.1) is 10.7 Å². The van der Waals surface area contributed by atoms with Gasteiger partial charge in [0, 0.05) is 0 Å². The van der Waals surface area contributed by atoms with Gasteiger partial charge in [-0.3, -0.25) is 0 Å². The van der Waals surface area contributed by atoms with Crippen molar-refractivity contribution < 1.29 is 29.6 Å². The Morgan fingerprint density at radius 1 is 1.58 bits per heavy atom. The predicted molar refractivity (Wildman–Crippen MR) is 49.5 cm³/mol. The summed E-state index contributed by atoms with van der Waals surface area (Å²) in [5, 5.41) is 18.3. The molecule has 0 saturated heterocycles. The van der Waals surface area contributed by atoms with E-state index >= 15 is 0 Å². The summed E-state index contributed by atoms with van der Waals surface area (Å²) in [5.74, 6) is 0. The van der Waals surface area contributed by atoms with Crippen molar-refractivity contribution in [2.75, 3.05) is 5.08 Å². The maximum absolute atomic E-state index is 8.20. The van der Waals surface area contributed by atoms with E-state index in [0.717, 1.165) is 4.34 Å². The molecule has 12 heavy (non-hydrogen) atoms. The van der Waals surface area contributed by atoms with E-state index in [1.807, 2.05) is 5.40 Å². The van der Waals surface area contributed by atoms with Crippen molar-refractivity contribution in [3.63, 3.8) is 0 Å². The average Bonchev–Trinajstić information content (AvgIpc) is 2.37. The Balaban J connectivity index is 0.00000121. The van der Waals surface area contributed by atoms with E-state index in [2.05, 4.69) is 10.2 Å². The Kier molecular flexibility index (Phi) is 7.98. The maximum atomic E-state index is 8.20. The fourth-order valence-electron chi connectivity index (χ4n) is 0.362. The van der Waals surface area contributed by atoms with Gasteiger partial charge in [0.05, 0.1) is 9.42 Å². The number of thioether (sulfide) groups is 2. The topological polar surface area (TPSA) is 49.6 Å². The molecule has 3 nitrogen and oxygen atoms in total. The first-order chi connectivity index (χ1) is 5.33. The van der Waals surface area contributed by atoms with E-state index in [1.54, 1.807) is 0 Å². The Morgan fingerprint density at radius 3 is 2.83 bits per heavy atom. The van der Waals surface area contributed by atoms with Crippen LogP contribution in [0.5, 0.6) is 0 Å². The summed E-state index contributed by atoms with van der Waals surface area (Å²) in [7, 11) is 0. The fourth-order valence-corrected chi connectivity index (χ4v) is 2.96. The first kappa shape index (κ1) is 13.0. The van der Waals surface area contributed by atoms with Crippen molar-refractivity contribution in [2.45, 2.75) is 8.68 Å². The SMILES string of the molecule is N#CSCSc1nnc([S-])s1.[Na+]. The van der Waals surface area contributed by atoms with Crippen LogP contribution in [-0.2, 0) is 12.6 Å². The van der Waals surface area contributed by atoms with Gasteiger partial charge in [-0.05, 0) is 16.1 Å². The molecule has 1 rings (SSSR count). The summed E-state index contributed by atoms with van der Waals surface area (Å²) in [4.78, 5) is 0. The minimum atomic E-state index is 0. The molecule has 0 radical (unpaired) electrons. The smallest absolute Gasteiger partial charge is 0.406 e. The number of nitrogens with zero attached hydrogens (tertiary/aromatic N) is 3. The average molecular weight is 243 g/mol. The van der Waals surface area contributed by atoms with E-state index in [0.29, 0.717) is 9.42 Å². The minimum absolute atomic E-state index is 0. The molecule has 0 bridgehead atoms. The zero-order valence-corrected chi connectivity index (χ0v) is 11.4. The molecule has 0 unspecified atom stereocenters. The monoisotopic (exact) mass is 243 g/mol. The number of hydrogen-bond donors (Lipinski definition) is 0. The zero-order valence-electron chi connectivity index (χ0n) is 6.18. The van der Waals surface area contributed by atoms with Crippen LogP contribution >= 0.6 is 34.9 Å². The first-order valence-electron chi connectivity index (χ1n) is 2.47. The third-order valence-corrected chi connectivity index (χ3v) is 3.54. The zero-order chi connectivity index (χ0) is 8.10. The van der Waals surface area contributed by atoms with E-state index in [-0.39, 0.29) is 29.6 Å². The molecule has 1 aromatic heterocycles. The Hall–Kier alpha value is 0.970. The van der Waals surface area contributed by atoms with Crippen molar-refractivity contribution in [1.29, 1.82) is 5.26 Å². The van der Waals surface area contributed by atoms with Gasteiger partial charge < -0.3 is 24.0 Å². The van der Waals surface area contributed by atoms with Crippen LogP contribution in [0.15, 0.2) is 8.68 Å². The number of thiocyanates is 1. The van der Waals surface area contributed by atoms with Gasteiger partial charge in [0.25, 0.3) is 0 Å². The molecule has 0 aliphatic rings. The van der Waals surface area contributed by atoms with Crippen LogP contribution in [-0.4, -0.2) is 15.3 Å². The van der Waals surface area contributed by atoms with Gasteiger partial charge in [0.2, 0.25) is 0 Å². The molecule has 58 valence electrons. The second-order valence-corrected chi connectivity index (χ2v) is 5.30. The van der Waals surface area contributed by atoms with Crippen LogP contribution in [0.25, 0.3) is 0 Å². The van der Waals surface area contributed by atoms with E-state index in [9.17, 15) is 0 Å². The van der Waals surface area contributed by atoms with Gasteiger partial charge >= 0.3 is 29.6 Å². The molecule has 0 aliphatic heterocycles. The molecular weight excluding hydrogens is 241 g/mol. The second-order valence-electron chi connectivity index (χ2n) is 1.33. The molecule has 0 spiro atoms. The molecule has 1 heterocycles. The maximum Gasteiger partial charge on any atom is 1.00 e. The van der Waals surface area contributed by atoms with E-state index < -0.39 is 0 Å². The third-order valence-electron chi connectivity index (χ3n) is 0.694. The molecule has 0 atom stereocenters. The number of rotatable bonds is 3. The largest absolute Gasteiger partial charge is 1.00 e. The Labute approximate surface area is 110 Å². The van der Waals surface area contributed by atoms with Gasteiger partial charge in [0.15, 0.2) is 0 Å². The molecule has 0 aromatic carbocycles. The molecule has 0 N–H and O–H groups in total. The summed E-state index contributed by atoms with van der Waals surface area (Å²) in [6.45, 7) is 0. The van der Waals surface area contributed by atoms with Gasteiger partial charge in [-0.1, -0.05) is 0 Å². The number of hydrogen-bond acceptors (Lipinski definition) is 7. The van der Waals surface area contributed by atoms with Crippen molar-refractivity contribution in [2.24, 2.45) is 0 Å². The first-order valence-corrected chi connectivity index (χ1v) is 5.66. The summed E-state index contributed by atoms with van der Waals surface area (Å²) >= 11 is 8.81. The number of nitriles is 1. The Bertz CT molecular complexity index is 270. The van der Waals surface area contributed by atoms with Crippen LogP contribution in [0.2, 0.25) is 0 Å². The summed E-state index contributed by atoms with van der Waals surface area (Å²) in [6, 6.07) is 0.